The highest BCUT2D eigenvalue weighted by Crippen LogP contribution is 2.47. The van der Waals surface area contributed by atoms with Crippen molar-refractivity contribution in [3.63, 3.8) is 0 Å². The molecule has 1 unspecified atom stereocenters. The molecule has 1 atom stereocenters. The summed E-state index contributed by atoms with van der Waals surface area (Å²) in [5.41, 5.74) is 1.17. The van der Waals surface area contributed by atoms with E-state index in [0.29, 0.717) is 52.7 Å². The number of aromatic nitrogens is 3. The molecule has 0 spiro atoms. The number of nitrogens with zero attached hydrogens (tertiary/aromatic N) is 4. The molecule has 240 valence electrons. The first-order chi connectivity index (χ1) is 21.9. The van der Waals surface area contributed by atoms with E-state index < -0.39 is 16.8 Å². The summed E-state index contributed by atoms with van der Waals surface area (Å²) in [6, 6.07) is 12.0. The van der Waals surface area contributed by atoms with Crippen molar-refractivity contribution in [2.75, 3.05) is 23.7 Å². The topological polar surface area (TPSA) is 119 Å². The van der Waals surface area contributed by atoms with E-state index in [1.165, 1.54) is 6.07 Å². The van der Waals surface area contributed by atoms with Crippen molar-refractivity contribution in [1.82, 2.24) is 19.9 Å². The second-order valence-corrected chi connectivity index (χ2v) is 13.4. The van der Waals surface area contributed by atoms with E-state index in [-0.39, 0.29) is 23.7 Å². The Morgan fingerprint density at radius 1 is 1.04 bits per heavy atom. The highest BCUT2D eigenvalue weighted by molar-refractivity contribution is 6.06. The summed E-state index contributed by atoms with van der Waals surface area (Å²) < 4.78 is 27.1. The molecule has 2 fully saturated rings. The molecule has 0 radical (unpaired) electrons. The van der Waals surface area contributed by atoms with Crippen LogP contribution in [0.4, 0.5) is 20.8 Å². The Balaban J connectivity index is 1.25. The van der Waals surface area contributed by atoms with Gasteiger partial charge in [0, 0.05) is 47.7 Å². The summed E-state index contributed by atoms with van der Waals surface area (Å²) in [6.45, 7) is 10.5. The second kappa shape index (κ2) is 12.2. The van der Waals surface area contributed by atoms with Gasteiger partial charge in [0.2, 0.25) is 17.7 Å². The molecule has 2 aromatic heterocycles. The van der Waals surface area contributed by atoms with Gasteiger partial charge in [0.05, 0.1) is 16.9 Å². The first-order valence-corrected chi connectivity index (χ1v) is 15.6. The van der Waals surface area contributed by atoms with Crippen LogP contribution in [0.2, 0.25) is 0 Å². The smallest absolute Gasteiger partial charge is 0.410 e. The largest absolute Gasteiger partial charge is 0.444 e. The number of carbonyl (C=O) groups excluding carboxylic acids is 2. The van der Waals surface area contributed by atoms with Gasteiger partial charge in [-0.25, -0.2) is 24.1 Å². The Morgan fingerprint density at radius 2 is 1.83 bits per heavy atom. The number of ether oxygens (including phenoxy) is 2. The van der Waals surface area contributed by atoms with Crippen molar-refractivity contribution in [3.8, 4) is 22.9 Å². The molecule has 2 amide bonds. The van der Waals surface area contributed by atoms with Gasteiger partial charge < -0.3 is 25.0 Å². The standard InChI is InChI=1S/C35H39FN6O4/c1-21-10-11-23-24(12-13-26(36)28(23)41-31(43)35(5)15-16-35)29(21)45-30-25(9-6-17-37-30)27-14-18-38-32(40-27)39-22-8-7-19-42(20-22)33(44)46-34(2,3)4/h6,9-14,17-18,22H,7-8,15-16,19-20H2,1-5H3,(H,41,43)(H,38,39,40). The van der Waals surface area contributed by atoms with Gasteiger partial charge in [-0.15, -0.1) is 0 Å². The number of fused-ring (bicyclic) bond motifs is 1. The van der Waals surface area contributed by atoms with Gasteiger partial charge in [-0.1, -0.05) is 19.1 Å². The van der Waals surface area contributed by atoms with E-state index in [2.05, 4.69) is 20.6 Å². The van der Waals surface area contributed by atoms with Gasteiger partial charge in [0.1, 0.15) is 17.2 Å². The lowest BCUT2D eigenvalue weighted by molar-refractivity contribution is -0.120. The van der Waals surface area contributed by atoms with Crippen molar-refractivity contribution in [1.29, 1.82) is 0 Å². The molecule has 0 bridgehead atoms. The van der Waals surface area contributed by atoms with Crippen LogP contribution in [-0.4, -0.2) is 56.6 Å². The summed E-state index contributed by atoms with van der Waals surface area (Å²) in [7, 11) is 0. The quantitative estimate of drug-likeness (QED) is 0.217. The van der Waals surface area contributed by atoms with Crippen LogP contribution in [0.15, 0.2) is 54.9 Å². The molecule has 2 aliphatic rings. The van der Waals surface area contributed by atoms with Crippen LogP contribution < -0.4 is 15.4 Å². The minimum Gasteiger partial charge on any atom is -0.444 e. The lowest BCUT2D eigenvalue weighted by Gasteiger charge is -2.34. The van der Waals surface area contributed by atoms with E-state index in [4.69, 9.17) is 14.5 Å². The lowest BCUT2D eigenvalue weighted by atomic mass is 10.0. The molecule has 4 aromatic rings. The number of likely N-dealkylation sites (tertiary alicyclic amines) is 1. The van der Waals surface area contributed by atoms with Crippen molar-refractivity contribution >= 4 is 34.4 Å². The Labute approximate surface area is 267 Å². The number of benzene rings is 2. The van der Waals surface area contributed by atoms with E-state index in [1.54, 1.807) is 41.6 Å². The summed E-state index contributed by atoms with van der Waals surface area (Å²) in [4.78, 5) is 40.9. The Bertz CT molecular complexity index is 1800. The van der Waals surface area contributed by atoms with E-state index in [1.807, 2.05) is 46.8 Å². The Kier molecular flexibility index (Phi) is 8.26. The van der Waals surface area contributed by atoms with Crippen molar-refractivity contribution in [2.45, 2.75) is 71.9 Å². The molecule has 2 aromatic carbocycles. The second-order valence-electron chi connectivity index (χ2n) is 13.4. The number of aryl methyl sites for hydroxylation is 1. The molecule has 11 heteroatoms. The molecular formula is C35H39FN6O4. The maximum absolute atomic E-state index is 15.1. The predicted molar refractivity (Wildman–Crippen MR) is 174 cm³/mol. The lowest BCUT2D eigenvalue weighted by Crippen LogP contribution is -2.47. The van der Waals surface area contributed by atoms with E-state index in [9.17, 15) is 9.59 Å². The summed E-state index contributed by atoms with van der Waals surface area (Å²) >= 11 is 0. The third-order valence-corrected chi connectivity index (χ3v) is 8.39. The molecule has 10 nitrogen and oxygen atoms in total. The van der Waals surface area contributed by atoms with Crippen molar-refractivity contribution in [3.05, 3.63) is 66.2 Å². The van der Waals surface area contributed by atoms with Crippen LogP contribution in [0.1, 0.15) is 58.9 Å². The number of halogens is 1. The van der Waals surface area contributed by atoms with Crippen LogP contribution in [0, 0.1) is 18.2 Å². The van der Waals surface area contributed by atoms with E-state index >= 15 is 4.39 Å². The SMILES string of the molecule is Cc1ccc2c(NC(=O)C3(C)CC3)c(F)ccc2c1Oc1ncccc1-c1ccnc(NC2CCCN(C(=O)OC(C)(C)C)C2)n1. The number of carbonyl (C=O) groups is 2. The van der Waals surface area contributed by atoms with Gasteiger partial charge in [-0.3, -0.25) is 4.79 Å². The van der Waals surface area contributed by atoms with Gasteiger partial charge in [0.15, 0.2) is 0 Å². The third kappa shape index (κ3) is 6.73. The minimum absolute atomic E-state index is 0.0444. The van der Waals surface area contributed by atoms with Crippen LogP contribution in [-0.2, 0) is 9.53 Å². The molecule has 46 heavy (non-hydrogen) atoms. The molecule has 2 N–H and O–H groups in total. The predicted octanol–water partition coefficient (Wildman–Crippen LogP) is 7.48. The molecule has 1 aliphatic carbocycles. The van der Waals surface area contributed by atoms with Crippen LogP contribution in [0.5, 0.6) is 11.6 Å². The van der Waals surface area contributed by atoms with Crippen LogP contribution in [0.25, 0.3) is 22.0 Å². The number of hydrogen-bond donors (Lipinski definition) is 2. The summed E-state index contributed by atoms with van der Waals surface area (Å²) in [5, 5.41) is 7.39. The number of amides is 2. The fourth-order valence-electron chi connectivity index (χ4n) is 5.51. The molecule has 1 aliphatic heterocycles. The molecular weight excluding hydrogens is 587 g/mol. The maximum Gasteiger partial charge on any atom is 0.410 e. The average Bonchev–Trinajstić information content (AvgIpc) is 3.78. The first-order valence-electron chi connectivity index (χ1n) is 15.6. The third-order valence-electron chi connectivity index (χ3n) is 8.39. The highest BCUT2D eigenvalue weighted by atomic mass is 19.1. The van der Waals surface area contributed by atoms with Crippen molar-refractivity contribution in [2.24, 2.45) is 5.41 Å². The maximum atomic E-state index is 15.1. The molecule has 3 heterocycles. The van der Waals surface area contributed by atoms with Gasteiger partial charge >= 0.3 is 6.09 Å². The fourth-order valence-corrected chi connectivity index (χ4v) is 5.51. The molecule has 1 saturated heterocycles. The minimum atomic E-state index is -0.564. The fraction of sp³-hybridized carbons (Fsp3) is 0.400. The number of pyridine rings is 1. The van der Waals surface area contributed by atoms with Gasteiger partial charge in [0.25, 0.3) is 0 Å². The summed E-state index contributed by atoms with van der Waals surface area (Å²) in [6.07, 6.45) is 6.22. The summed E-state index contributed by atoms with van der Waals surface area (Å²) in [5.74, 6) is 0.545. The normalized spacial score (nSPS) is 17.3. The van der Waals surface area contributed by atoms with Crippen LogP contribution >= 0.6 is 0 Å². The average molecular weight is 627 g/mol. The Morgan fingerprint density at radius 3 is 2.59 bits per heavy atom. The number of piperidine rings is 1. The van der Waals surface area contributed by atoms with Gasteiger partial charge in [-0.2, -0.15) is 0 Å². The monoisotopic (exact) mass is 626 g/mol. The molecule has 1 saturated carbocycles. The molecule has 6 rings (SSSR count). The number of nitrogens with one attached hydrogen (secondary N) is 2. The number of rotatable bonds is 7. The first kappa shape index (κ1) is 31.2. The number of anilines is 2. The zero-order chi connectivity index (χ0) is 32.6. The number of hydrogen-bond acceptors (Lipinski definition) is 8. The Hall–Kier alpha value is -4.80. The zero-order valence-electron chi connectivity index (χ0n) is 26.8. The van der Waals surface area contributed by atoms with Crippen molar-refractivity contribution < 1.29 is 23.5 Å². The highest BCUT2D eigenvalue weighted by Gasteiger charge is 2.45. The zero-order valence-corrected chi connectivity index (χ0v) is 26.8. The van der Waals surface area contributed by atoms with E-state index in [0.717, 1.165) is 31.2 Å². The van der Waals surface area contributed by atoms with Gasteiger partial charge in [-0.05, 0) is 89.3 Å². The van der Waals surface area contributed by atoms with Crippen LogP contribution in [0.3, 0.4) is 0 Å².